The summed E-state index contributed by atoms with van der Waals surface area (Å²) >= 11 is 0. The van der Waals surface area contributed by atoms with E-state index in [1.165, 1.54) is 25.7 Å². The number of hydrogen-bond donors (Lipinski definition) is 2. The quantitative estimate of drug-likeness (QED) is 0.0359. The standard InChI is InChI=1S/C35H67N2O6P/c1-6-8-10-12-13-14-15-16-17-18-19-20-21-22-23-25-27-29-35(39)36-33(34(38)28-26-24-11-9-7-2)32-43-44(40,41)42-31-30-37(3,4)5/h8,10,13-14,16-17,33-34,38H,6-7,9,11-12,15,18-32H2,1-5H3,(H-,36,39,40,41)/b10-8-,14-13-,17-16-. The molecule has 258 valence electrons. The third-order valence-corrected chi connectivity index (χ3v) is 8.36. The van der Waals surface area contributed by atoms with Crippen LogP contribution in [0.1, 0.15) is 129 Å². The highest BCUT2D eigenvalue weighted by molar-refractivity contribution is 7.45. The number of phosphoric ester groups is 1. The SMILES string of the molecule is CC/C=C\C/C=C\C/C=C\CCCCCCCCCC(=O)NC(COP(=O)([O-])OCC[N+](C)(C)C)C(O)CCCCCCC. The van der Waals surface area contributed by atoms with Crippen LogP contribution in [-0.2, 0) is 18.4 Å². The van der Waals surface area contributed by atoms with E-state index < -0.39 is 20.0 Å². The lowest BCUT2D eigenvalue weighted by atomic mass is 10.0. The minimum atomic E-state index is -4.54. The minimum absolute atomic E-state index is 0.00772. The van der Waals surface area contributed by atoms with Crippen molar-refractivity contribution < 1.29 is 32.9 Å². The average Bonchev–Trinajstić information content (AvgIpc) is 2.95. The van der Waals surface area contributed by atoms with E-state index in [4.69, 9.17) is 9.05 Å². The molecular weight excluding hydrogens is 575 g/mol. The summed E-state index contributed by atoms with van der Waals surface area (Å²) in [7, 11) is 1.28. The van der Waals surface area contributed by atoms with Crippen LogP contribution >= 0.6 is 7.82 Å². The highest BCUT2D eigenvalue weighted by Gasteiger charge is 2.24. The molecule has 1 amide bonds. The van der Waals surface area contributed by atoms with Gasteiger partial charge in [-0.05, 0) is 44.9 Å². The first kappa shape index (κ1) is 42.7. The summed E-state index contributed by atoms with van der Waals surface area (Å²) in [6.45, 7) is 4.47. The predicted molar refractivity (Wildman–Crippen MR) is 182 cm³/mol. The van der Waals surface area contributed by atoms with Crippen molar-refractivity contribution in [1.82, 2.24) is 5.32 Å². The Kier molecular flexibility index (Phi) is 27.2. The lowest BCUT2D eigenvalue weighted by molar-refractivity contribution is -0.870. The molecule has 0 saturated heterocycles. The maximum Gasteiger partial charge on any atom is 0.268 e. The number of unbranched alkanes of at least 4 members (excludes halogenated alkanes) is 11. The third-order valence-electron chi connectivity index (χ3n) is 7.39. The lowest BCUT2D eigenvalue weighted by Crippen LogP contribution is -2.46. The number of nitrogens with zero attached hydrogens (tertiary/aromatic N) is 1. The van der Waals surface area contributed by atoms with E-state index in [0.29, 0.717) is 23.9 Å². The Morgan fingerprint density at radius 3 is 2.02 bits per heavy atom. The minimum Gasteiger partial charge on any atom is -0.756 e. The van der Waals surface area contributed by atoms with Crippen LogP contribution in [0.5, 0.6) is 0 Å². The van der Waals surface area contributed by atoms with E-state index in [1.54, 1.807) is 0 Å². The monoisotopic (exact) mass is 642 g/mol. The molecule has 0 fully saturated rings. The van der Waals surface area contributed by atoms with Gasteiger partial charge in [0.05, 0.1) is 39.9 Å². The summed E-state index contributed by atoms with van der Waals surface area (Å²) < 4.78 is 22.9. The number of allylic oxidation sites excluding steroid dienone is 6. The average molecular weight is 643 g/mol. The van der Waals surface area contributed by atoms with E-state index in [0.717, 1.165) is 77.0 Å². The number of carbonyl (C=O) groups is 1. The number of likely N-dealkylation sites (N-methyl/N-ethyl adjacent to an activating group) is 1. The molecule has 3 unspecified atom stereocenters. The van der Waals surface area contributed by atoms with Gasteiger partial charge in [0.25, 0.3) is 7.82 Å². The Bertz CT molecular complexity index is 825. The molecule has 3 atom stereocenters. The van der Waals surface area contributed by atoms with Crippen molar-refractivity contribution in [3.8, 4) is 0 Å². The van der Waals surface area contributed by atoms with E-state index in [2.05, 4.69) is 55.6 Å². The number of amides is 1. The normalized spacial score (nSPS) is 15.3. The van der Waals surface area contributed by atoms with E-state index in [-0.39, 0.29) is 19.1 Å². The van der Waals surface area contributed by atoms with Crippen LogP contribution in [0.25, 0.3) is 0 Å². The van der Waals surface area contributed by atoms with Gasteiger partial charge in [-0.15, -0.1) is 0 Å². The summed E-state index contributed by atoms with van der Waals surface area (Å²) in [5.41, 5.74) is 0. The van der Waals surface area contributed by atoms with Crippen LogP contribution in [0, 0.1) is 0 Å². The second-order valence-corrected chi connectivity index (χ2v) is 14.3. The molecule has 0 aliphatic heterocycles. The zero-order chi connectivity index (χ0) is 32.9. The molecule has 0 aliphatic carbocycles. The Morgan fingerprint density at radius 1 is 0.818 bits per heavy atom. The molecule has 44 heavy (non-hydrogen) atoms. The van der Waals surface area contributed by atoms with Crippen LogP contribution in [0.2, 0.25) is 0 Å². The highest BCUT2D eigenvalue weighted by Crippen LogP contribution is 2.38. The molecule has 8 nitrogen and oxygen atoms in total. The van der Waals surface area contributed by atoms with Gasteiger partial charge in [-0.2, -0.15) is 0 Å². The molecule has 9 heteroatoms. The van der Waals surface area contributed by atoms with Gasteiger partial charge in [-0.25, -0.2) is 0 Å². The zero-order valence-corrected chi connectivity index (χ0v) is 29.7. The van der Waals surface area contributed by atoms with Crippen molar-refractivity contribution in [2.75, 3.05) is 40.9 Å². The summed E-state index contributed by atoms with van der Waals surface area (Å²) in [5.74, 6) is -0.186. The number of phosphoric acid groups is 1. The number of aliphatic hydroxyl groups is 1. The number of quaternary nitrogens is 1. The van der Waals surface area contributed by atoms with Crippen LogP contribution in [0.15, 0.2) is 36.5 Å². The van der Waals surface area contributed by atoms with Crippen molar-refractivity contribution in [2.45, 2.75) is 142 Å². The largest absolute Gasteiger partial charge is 0.756 e. The van der Waals surface area contributed by atoms with Crippen molar-refractivity contribution in [2.24, 2.45) is 0 Å². The number of rotatable bonds is 30. The van der Waals surface area contributed by atoms with E-state index in [9.17, 15) is 19.4 Å². The van der Waals surface area contributed by atoms with E-state index in [1.807, 2.05) is 21.1 Å². The maximum atomic E-state index is 12.7. The number of nitrogens with one attached hydrogen (secondary N) is 1. The van der Waals surface area contributed by atoms with Gasteiger partial charge >= 0.3 is 0 Å². The van der Waals surface area contributed by atoms with Gasteiger partial charge in [0.2, 0.25) is 5.91 Å². The summed E-state index contributed by atoms with van der Waals surface area (Å²) in [5, 5.41) is 13.6. The fraction of sp³-hybridized carbons (Fsp3) is 0.800. The first-order valence-electron chi connectivity index (χ1n) is 17.3. The first-order chi connectivity index (χ1) is 21.0. The van der Waals surface area contributed by atoms with Crippen molar-refractivity contribution >= 4 is 13.7 Å². The Hall–Kier alpha value is -1.28. The molecule has 0 bridgehead atoms. The smallest absolute Gasteiger partial charge is 0.268 e. The molecule has 0 aliphatic rings. The fourth-order valence-electron chi connectivity index (χ4n) is 4.58. The van der Waals surface area contributed by atoms with Gasteiger partial charge in [0, 0.05) is 6.42 Å². The second kappa shape index (κ2) is 28.0. The van der Waals surface area contributed by atoms with Crippen LogP contribution in [0.4, 0.5) is 0 Å². The van der Waals surface area contributed by atoms with Crippen molar-refractivity contribution in [3.63, 3.8) is 0 Å². The van der Waals surface area contributed by atoms with Crippen molar-refractivity contribution in [1.29, 1.82) is 0 Å². The van der Waals surface area contributed by atoms with Gasteiger partial charge < -0.3 is 28.8 Å². The summed E-state index contributed by atoms with van der Waals surface area (Å²) in [6, 6.07) is -0.800. The topological polar surface area (TPSA) is 108 Å². The Morgan fingerprint density at radius 2 is 1.39 bits per heavy atom. The lowest BCUT2D eigenvalue weighted by Gasteiger charge is -2.30. The predicted octanol–water partition coefficient (Wildman–Crippen LogP) is 7.77. The van der Waals surface area contributed by atoms with Gasteiger partial charge in [-0.3, -0.25) is 9.36 Å². The van der Waals surface area contributed by atoms with E-state index >= 15 is 0 Å². The van der Waals surface area contributed by atoms with Gasteiger partial charge in [0.1, 0.15) is 13.2 Å². The number of hydrogen-bond acceptors (Lipinski definition) is 6. The molecule has 2 N–H and O–H groups in total. The zero-order valence-electron chi connectivity index (χ0n) is 28.9. The molecule has 0 radical (unpaired) electrons. The molecule has 0 rings (SSSR count). The third kappa shape index (κ3) is 29.4. The summed E-state index contributed by atoms with van der Waals surface area (Å²) in [6.07, 6.45) is 30.4. The maximum absolute atomic E-state index is 12.7. The molecule has 0 aromatic carbocycles. The van der Waals surface area contributed by atoms with Gasteiger partial charge in [-0.1, -0.05) is 115 Å². The van der Waals surface area contributed by atoms with Gasteiger partial charge in [0.15, 0.2) is 0 Å². The van der Waals surface area contributed by atoms with Crippen LogP contribution < -0.4 is 10.2 Å². The number of carbonyl (C=O) groups excluding carboxylic acids is 1. The van der Waals surface area contributed by atoms with Crippen LogP contribution in [-0.4, -0.2) is 68.5 Å². The molecule has 0 heterocycles. The molecule has 0 aromatic rings. The summed E-state index contributed by atoms with van der Waals surface area (Å²) in [4.78, 5) is 25.0. The first-order valence-corrected chi connectivity index (χ1v) is 18.8. The molecule has 0 spiro atoms. The fourth-order valence-corrected chi connectivity index (χ4v) is 5.30. The highest BCUT2D eigenvalue weighted by atomic mass is 31.2. The Balaban J connectivity index is 4.31. The molecular formula is C35H67N2O6P. The Labute approximate surface area is 270 Å². The second-order valence-electron chi connectivity index (χ2n) is 12.8. The molecule has 0 saturated carbocycles. The molecule has 0 aromatic heterocycles. The van der Waals surface area contributed by atoms with Crippen LogP contribution in [0.3, 0.4) is 0 Å². The van der Waals surface area contributed by atoms with Crippen molar-refractivity contribution in [3.05, 3.63) is 36.5 Å². The number of aliphatic hydroxyl groups excluding tert-OH is 1.